The molecule has 2 heterocycles. The molecule has 0 saturated carbocycles. The average molecular weight is 362 g/mol. The molecule has 8 heteroatoms. The van der Waals surface area contributed by atoms with Gasteiger partial charge in [0.2, 0.25) is 5.82 Å². The van der Waals surface area contributed by atoms with Crippen LogP contribution in [0.25, 0.3) is 6.08 Å². The van der Waals surface area contributed by atoms with Crippen LogP contribution in [0.1, 0.15) is 18.2 Å². The number of H-pyrrole nitrogens is 1. The Morgan fingerprint density at radius 3 is 2.85 bits per heavy atom. The fourth-order valence-electron chi connectivity index (χ4n) is 2.81. The highest BCUT2D eigenvalue weighted by Gasteiger charge is 2.37. The highest BCUT2D eigenvalue weighted by Crippen LogP contribution is 2.29. The van der Waals surface area contributed by atoms with Crippen LogP contribution in [0.4, 0.5) is 4.39 Å². The van der Waals surface area contributed by atoms with E-state index in [1.54, 1.807) is 0 Å². The summed E-state index contributed by atoms with van der Waals surface area (Å²) in [5.74, 6) is -1.08. The summed E-state index contributed by atoms with van der Waals surface area (Å²) in [6.07, 6.45) is 2.85. The summed E-state index contributed by atoms with van der Waals surface area (Å²) >= 11 is 0. The number of halogens is 1. The molecule has 1 aromatic heterocycles. The van der Waals surface area contributed by atoms with Crippen molar-refractivity contribution in [3.8, 4) is 0 Å². The number of benzene rings is 1. The normalized spacial score (nSPS) is 22.9. The lowest BCUT2D eigenvalue weighted by atomic mass is 10.2. The molecule has 1 fully saturated rings. The van der Waals surface area contributed by atoms with E-state index in [2.05, 4.69) is 0 Å². The van der Waals surface area contributed by atoms with Gasteiger partial charge < -0.3 is 14.6 Å². The monoisotopic (exact) mass is 362 g/mol. The molecule has 1 aromatic carbocycles. The Balaban J connectivity index is 1.64. The predicted octanol–water partition coefficient (Wildman–Crippen LogP) is 1.05. The molecule has 138 valence electrons. The molecule has 1 aliphatic heterocycles. The van der Waals surface area contributed by atoms with Crippen LogP contribution in [-0.4, -0.2) is 40.1 Å². The quantitative estimate of drug-likeness (QED) is 0.801. The van der Waals surface area contributed by atoms with Gasteiger partial charge in [0.05, 0.1) is 25.5 Å². The molecule has 1 saturated heterocycles. The topological polar surface area (TPSA) is 93.6 Å². The van der Waals surface area contributed by atoms with Crippen molar-refractivity contribution < 1.29 is 19.0 Å². The van der Waals surface area contributed by atoms with Gasteiger partial charge in [-0.1, -0.05) is 42.5 Å². The second kappa shape index (κ2) is 8.22. The fraction of sp³-hybridized carbons (Fsp3) is 0.333. The molecule has 0 bridgehead atoms. The van der Waals surface area contributed by atoms with Crippen molar-refractivity contribution in [2.75, 3.05) is 13.2 Å². The van der Waals surface area contributed by atoms with Crippen molar-refractivity contribution in [1.29, 1.82) is 0 Å². The van der Waals surface area contributed by atoms with Gasteiger partial charge in [-0.2, -0.15) is 4.39 Å². The van der Waals surface area contributed by atoms with Crippen molar-refractivity contribution in [2.45, 2.75) is 24.9 Å². The number of ether oxygens (including phenoxy) is 2. The molecule has 7 nitrogen and oxygen atoms in total. The summed E-state index contributed by atoms with van der Waals surface area (Å²) in [5.41, 5.74) is -0.824. The van der Waals surface area contributed by atoms with Gasteiger partial charge in [-0.15, -0.1) is 0 Å². The molecule has 0 amide bonds. The summed E-state index contributed by atoms with van der Waals surface area (Å²) in [6.45, 7) is -0.00875. The highest BCUT2D eigenvalue weighted by atomic mass is 19.1. The zero-order valence-corrected chi connectivity index (χ0v) is 13.9. The van der Waals surface area contributed by atoms with E-state index in [9.17, 15) is 19.1 Å². The number of rotatable bonds is 6. The summed E-state index contributed by atoms with van der Waals surface area (Å²) in [4.78, 5) is 24.9. The molecule has 1 aliphatic rings. The molecule has 2 N–H and O–H groups in total. The fourth-order valence-corrected chi connectivity index (χ4v) is 2.81. The third kappa shape index (κ3) is 4.16. The first-order valence-electron chi connectivity index (χ1n) is 8.19. The molecule has 26 heavy (non-hydrogen) atoms. The molecule has 0 aliphatic carbocycles. The number of aromatic amines is 1. The average Bonchev–Trinajstić information content (AvgIpc) is 3.05. The number of aliphatic hydroxyl groups is 1. The van der Waals surface area contributed by atoms with E-state index in [0.29, 0.717) is 6.61 Å². The van der Waals surface area contributed by atoms with Gasteiger partial charge >= 0.3 is 5.69 Å². The number of aromatic nitrogens is 2. The largest absolute Gasteiger partial charge is 0.394 e. The molecule has 0 spiro atoms. The second-order valence-electron chi connectivity index (χ2n) is 5.88. The van der Waals surface area contributed by atoms with Crippen LogP contribution in [0.15, 0.2) is 52.2 Å². The third-order valence-electron chi connectivity index (χ3n) is 4.11. The lowest BCUT2D eigenvalue weighted by Crippen LogP contribution is -2.34. The van der Waals surface area contributed by atoms with E-state index in [4.69, 9.17) is 9.47 Å². The first kappa shape index (κ1) is 18.2. The van der Waals surface area contributed by atoms with Gasteiger partial charge in [0.1, 0.15) is 12.3 Å². The van der Waals surface area contributed by atoms with E-state index in [1.165, 1.54) is 0 Å². The standard InChI is InChI=1S/C18H19FN2O5/c19-13-10-21(18(24)20-17(13)23)16-9-14(15(11-22)26-16)25-8-4-7-12-5-2-1-3-6-12/h1-7,10,14-16,22H,8-9,11H2,(H,20,23,24)/t14-,15+,16+/m0/s1. The maximum absolute atomic E-state index is 13.4. The van der Waals surface area contributed by atoms with Crippen molar-refractivity contribution in [1.82, 2.24) is 9.55 Å². The van der Waals surface area contributed by atoms with E-state index >= 15 is 0 Å². The van der Waals surface area contributed by atoms with Crippen molar-refractivity contribution in [3.05, 3.63) is 74.8 Å². The molecule has 3 rings (SSSR count). The molecule has 0 radical (unpaired) electrons. The van der Waals surface area contributed by atoms with Crippen LogP contribution < -0.4 is 11.2 Å². The number of hydrogen-bond acceptors (Lipinski definition) is 5. The lowest BCUT2D eigenvalue weighted by molar-refractivity contribution is -0.0583. The van der Waals surface area contributed by atoms with Gasteiger partial charge in [0, 0.05) is 6.42 Å². The van der Waals surface area contributed by atoms with Crippen molar-refractivity contribution in [3.63, 3.8) is 0 Å². The van der Waals surface area contributed by atoms with Crippen molar-refractivity contribution in [2.24, 2.45) is 0 Å². The Labute approximate surface area is 148 Å². The van der Waals surface area contributed by atoms with Gasteiger partial charge in [-0.05, 0) is 5.56 Å². The lowest BCUT2D eigenvalue weighted by Gasteiger charge is -2.15. The minimum atomic E-state index is -1.08. The molecule has 2 aromatic rings. The maximum Gasteiger partial charge on any atom is 0.330 e. The van der Waals surface area contributed by atoms with Crippen LogP contribution in [0.2, 0.25) is 0 Å². The van der Waals surface area contributed by atoms with Crippen molar-refractivity contribution >= 4 is 6.08 Å². The second-order valence-corrected chi connectivity index (χ2v) is 5.88. The highest BCUT2D eigenvalue weighted by molar-refractivity contribution is 5.48. The van der Waals surface area contributed by atoms with Crippen LogP contribution in [0.3, 0.4) is 0 Å². The zero-order chi connectivity index (χ0) is 18.5. The van der Waals surface area contributed by atoms with E-state index in [-0.39, 0.29) is 13.0 Å². The molecule has 3 atom stereocenters. The van der Waals surface area contributed by atoms with E-state index in [1.807, 2.05) is 47.5 Å². The Morgan fingerprint density at radius 2 is 2.12 bits per heavy atom. The first-order valence-corrected chi connectivity index (χ1v) is 8.19. The van der Waals surface area contributed by atoms with E-state index < -0.39 is 35.5 Å². The number of nitrogens with one attached hydrogen (secondary N) is 1. The first-order chi connectivity index (χ1) is 12.6. The predicted molar refractivity (Wildman–Crippen MR) is 92.1 cm³/mol. The molecular formula is C18H19FN2O5. The van der Waals surface area contributed by atoms with Crippen LogP contribution in [-0.2, 0) is 9.47 Å². The summed E-state index contributed by atoms with van der Waals surface area (Å²) in [7, 11) is 0. The zero-order valence-electron chi connectivity index (χ0n) is 13.9. The van der Waals surface area contributed by atoms with Gasteiger partial charge in [0.25, 0.3) is 5.56 Å². The van der Waals surface area contributed by atoms with Crippen LogP contribution in [0, 0.1) is 5.82 Å². The minimum Gasteiger partial charge on any atom is -0.394 e. The van der Waals surface area contributed by atoms with Gasteiger partial charge in [-0.25, -0.2) is 4.79 Å². The Kier molecular flexibility index (Phi) is 5.77. The Morgan fingerprint density at radius 1 is 1.35 bits per heavy atom. The van der Waals surface area contributed by atoms with Crippen LogP contribution in [0.5, 0.6) is 0 Å². The minimum absolute atomic E-state index is 0.246. The van der Waals surface area contributed by atoms with Gasteiger partial charge in [-0.3, -0.25) is 14.3 Å². The SMILES string of the molecule is O=c1[nH]c(=O)n([C@H]2C[C@H](OCC=Cc3ccccc3)[C@@H](CO)O2)cc1F. The Hall–Kier alpha value is -2.55. The Bertz CT molecular complexity index is 877. The number of hydrogen-bond donors (Lipinski definition) is 2. The molecular weight excluding hydrogens is 343 g/mol. The smallest absolute Gasteiger partial charge is 0.330 e. The molecule has 0 unspecified atom stereocenters. The number of nitrogens with zero attached hydrogens (tertiary/aromatic N) is 1. The summed E-state index contributed by atoms with van der Waals surface area (Å²) in [5, 5.41) is 9.46. The van der Waals surface area contributed by atoms with Crippen LogP contribution >= 0.6 is 0 Å². The van der Waals surface area contributed by atoms with E-state index in [0.717, 1.165) is 16.3 Å². The summed E-state index contributed by atoms with van der Waals surface area (Å²) < 4.78 is 25.7. The third-order valence-corrected chi connectivity index (χ3v) is 4.11. The maximum atomic E-state index is 13.4. The number of aliphatic hydroxyl groups excluding tert-OH is 1. The van der Waals surface area contributed by atoms with Gasteiger partial charge in [0.15, 0.2) is 0 Å². The summed E-state index contributed by atoms with van der Waals surface area (Å²) in [6, 6.07) is 9.70.